The maximum absolute atomic E-state index is 12.2. The number of rotatable bonds is 6. The first-order valence-corrected chi connectivity index (χ1v) is 9.73. The number of guanidine groups is 1. The molecule has 0 aromatic heterocycles. The van der Waals surface area contributed by atoms with E-state index in [4.69, 9.17) is 5.73 Å². The van der Waals surface area contributed by atoms with Gasteiger partial charge in [0, 0.05) is 20.0 Å². The first-order valence-electron chi connectivity index (χ1n) is 9.73. The van der Waals surface area contributed by atoms with Crippen LogP contribution in [-0.4, -0.2) is 30.4 Å². The lowest BCUT2D eigenvalue weighted by atomic mass is 9.86. The van der Waals surface area contributed by atoms with Crippen molar-refractivity contribution >= 4 is 11.9 Å². The minimum absolute atomic E-state index is 0.116. The molecule has 132 valence electrons. The number of hydrogen-bond donors (Lipinski definition) is 1. The Labute approximate surface area is 141 Å². The molecule has 0 unspecified atom stereocenters. The van der Waals surface area contributed by atoms with Crippen LogP contribution in [0.15, 0.2) is 4.99 Å². The Kier molecular flexibility index (Phi) is 7.90. The van der Waals surface area contributed by atoms with Crippen molar-refractivity contribution in [2.45, 2.75) is 83.5 Å². The second-order valence-electron chi connectivity index (χ2n) is 7.55. The zero-order chi connectivity index (χ0) is 16.5. The van der Waals surface area contributed by atoms with E-state index in [9.17, 15) is 4.79 Å². The standard InChI is InChI=1S/C19H35N3O/c1-22(19(20)21-15-17-11-6-3-7-12-17)18(23)14-8-13-16-9-4-2-5-10-16/h16-17H,2-15H2,1H3,(H2,20,21). The molecule has 0 aromatic carbocycles. The molecule has 4 nitrogen and oxygen atoms in total. The quantitative estimate of drug-likeness (QED) is 0.591. The van der Waals surface area contributed by atoms with E-state index in [1.54, 1.807) is 11.9 Å². The van der Waals surface area contributed by atoms with Crippen LogP contribution < -0.4 is 5.73 Å². The molecule has 2 saturated carbocycles. The first kappa shape index (κ1) is 18.3. The van der Waals surface area contributed by atoms with E-state index in [2.05, 4.69) is 4.99 Å². The smallest absolute Gasteiger partial charge is 0.229 e. The third-order valence-electron chi connectivity index (χ3n) is 5.68. The predicted molar refractivity (Wildman–Crippen MR) is 96.3 cm³/mol. The van der Waals surface area contributed by atoms with E-state index < -0.39 is 0 Å². The van der Waals surface area contributed by atoms with Crippen LogP contribution in [0, 0.1) is 11.8 Å². The number of amides is 1. The van der Waals surface area contributed by atoms with Gasteiger partial charge in [-0.05, 0) is 37.5 Å². The molecule has 0 spiro atoms. The summed E-state index contributed by atoms with van der Waals surface area (Å²) in [6.07, 6.45) is 16.1. The van der Waals surface area contributed by atoms with Crippen LogP contribution in [0.2, 0.25) is 0 Å². The number of nitrogens with zero attached hydrogens (tertiary/aromatic N) is 2. The molecule has 4 heteroatoms. The molecule has 0 atom stereocenters. The number of carbonyl (C=O) groups excluding carboxylic acids is 1. The molecular weight excluding hydrogens is 286 g/mol. The van der Waals surface area contributed by atoms with E-state index in [0.29, 0.717) is 18.3 Å². The molecule has 0 aromatic rings. The second kappa shape index (κ2) is 9.94. The summed E-state index contributed by atoms with van der Waals surface area (Å²) in [5, 5.41) is 0. The number of nitrogens with two attached hydrogens (primary N) is 1. The van der Waals surface area contributed by atoms with Crippen LogP contribution in [0.5, 0.6) is 0 Å². The molecular formula is C19H35N3O. The highest BCUT2D eigenvalue weighted by Gasteiger charge is 2.17. The average molecular weight is 322 g/mol. The third-order valence-corrected chi connectivity index (χ3v) is 5.68. The molecule has 0 saturated heterocycles. The monoisotopic (exact) mass is 321 g/mol. The fourth-order valence-electron chi connectivity index (χ4n) is 4.01. The van der Waals surface area contributed by atoms with Gasteiger partial charge < -0.3 is 5.73 Å². The highest BCUT2D eigenvalue weighted by Crippen LogP contribution is 2.27. The highest BCUT2D eigenvalue weighted by molar-refractivity contribution is 5.95. The Morgan fingerprint density at radius 2 is 1.57 bits per heavy atom. The molecule has 2 aliphatic carbocycles. The van der Waals surface area contributed by atoms with Crippen molar-refractivity contribution in [3.63, 3.8) is 0 Å². The normalized spacial score (nSPS) is 21.3. The summed E-state index contributed by atoms with van der Waals surface area (Å²) >= 11 is 0. The molecule has 1 amide bonds. The first-order chi connectivity index (χ1) is 11.2. The Morgan fingerprint density at radius 1 is 1.00 bits per heavy atom. The van der Waals surface area contributed by atoms with Gasteiger partial charge in [-0.15, -0.1) is 0 Å². The molecule has 0 radical (unpaired) electrons. The van der Waals surface area contributed by atoms with Crippen molar-refractivity contribution in [3.05, 3.63) is 0 Å². The van der Waals surface area contributed by atoms with Gasteiger partial charge in [0.2, 0.25) is 5.91 Å². The lowest BCUT2D eigenvalue weighted by Crippen LogP contribution is -2.39. The van der Waals surface area contributed by atoms with Gasteiger partial charge in [0.05, 0.1) is 0 Å². The lowest BCUT2D eigenvalue weighted by Gasteiger charge is -2.22. The summed E-state index contributed by atoms with van der Waals surface area (Å²) in [5.74, 6) is 2.03. The topological polar surface area (TPSA) is 58.7 Å². The molecule has 23 heavy (non-hydrogen) atoms. The summed E-state index contributed by atoms with van der Waals surface area (Å²) in [6, 6.07) is 0. The van der Waals surface area contributed by atoms with Gasteiger partial charge >= 0.3 is 0 Å². The van der Waals surface area contributed by atoms with E-state index >= 15 is 0 Å². The van der Waals surface area contributed by atoms with Crippen LogP contribution in [0.25, 0.3) is 0 Å². The zero-order valence-electron chi connectivity index (χ0n) is 14.9. The molecule has 2 fully saturated rings. The van der Waals surface area contributed by atoms with Crippen molar-refractivity contribution in [3.8, 4) is 0 Å². The van der Waals surface area contributed by atoms with Crippen LogP contribution in [0.3, 0.4) is 0 Å². The van der Waals surface area contributed by atoms with Crippen LogP contribution >= 0.6 is 0 Å². The van der Waals surface area contributed by atoms with Gasteiger partial charge in [-0.3, -0.25) is 14.7 Å². The number of aliphatic imine (C=N–C) groups is 1. The predicted octanol–water partition coefficient (Wildman–Crippen LogP) is 4.09. The molecule has 0 aliphatic heterocycles. The summed E-state index contributed by atoms with van der Waals surface area (Å²) < 4.78 is 0. The van der Waals surface area contributed by atoms with Crippen LogP contribution in [0.1, 0.15) is 83.5 Å². The van der Waals surface area contributed by atoms with Gasteiger partial charge in [-0.25, -0.2) is 0 Å². The van der Waals surface area contributed by atoms with E-state index in [-0.39, 0.29) is 5.91 Å². The SMILES string of the molecule is CN(C(=O)CCCC1CCCCC1)C(N)=NCC1CCCCC1. The lowest BCUT2D eigenvalue weighted by molar-refractivity contribution is -0.126. The minimum Gasteiger partial charge on any atom is -0.369 e. The van der Waals surface area contributed by atoms with Crippen molar-refractivity contribution in [1.29, 1.82) is 0 Å². The van der Waals surface area contributed by atoms with Crippen molar-refractivity contribution < 1.29 is 4.79 Å². The van der Waals surface area contributed by atoms with E-state index in [0.717, 1.165) is 18.9 Å². The summed E-state index contributed by atoms with van der Waals surface area (Å²) in [7, 11) is 1.77. The van der Waals surface area contributed by atoms with Gasteiger partial charge in [-0.2, -0.15) is 0 Å². The van der Waals surface area contributed by atoms with E-state index in [1.165, 1.54) is 70.6 Å². The summed E-state index contributed by atoms with van der Waals surface area (Å²) in [5.41, 5.74) is 6.00. The zero-order valence-corrected chi connectivity index (χ0v) is 14.9. The molecule has 2 rings (SSSR count). The summed E-state index contributed by atoms with van der Waals surface area (Å²) in [6.45, 7) is 0.783. The largest absolute Gasteiger partial charge is 0.369 e. The van der Waals surface area contributed by atoms with Crippen molar-refractivity contribution in [2.24, 2.45) is 22.6 Å². The second-order valence-corrected chi connectivity index (χ2v) is 7.55. The molecule has 2 aliphatic rings. The van der Waals surface area contributed by atoms with Crippen molar-refractivity contribution in [2.75, 3.05) is 13.6 Å². The molecule has 2 N–H and O–H groups in total. The van der Waals surface area contributed by atoms with Crippen LogP contribution in [0.4, 0.5) is 0 Å². The van der Waals surface area contributed by atoms with Gasteiger partial charge in [0.1, 0.15) is 0 Å². The maximum atomic E-state index is 12.2. The average Bonchev–Trinajstić information content (AvgIpc) is 2.60. The molecule has 0 heterocycles. The fourth-order valence-corrected chi connectivity index (χ4v) is 4.01. The third kappa shape index (κ3) is 6.52. The summed E-state index contributed by atoms with van der Waals surface area (Å²) in [4.78, 5) is 18.3. The maximum Gasteiger partial charge on any atom is 0.229 e. The minimum atomic E-state index is 0.116. The highest BCUT2D eigenvalue weighted by atomic mass is 16.2. The van der Waals surface area contributed by atoms with Gasteiger partial charge in [0.25, 0.3) is 0 Å². The number of carbonyl (C=O) groups is 1. The Hall–Kier alpha value is -1.06. The fraction of sp³-hybridized carbons (Fsp3) is 0.895. The Morgan fingerprint density at radius 3 is 2.17 bits per heavy atom. The van der Waals surface area contributed by atoms with Gasteiger partial charge in [-0.1, -0.05) is 51.4 Å². The van der Waals surface area contributed by atoms with Crippen molar-refractivity contribution in [1.82, 2.24) is 4.90 Å². The van der Waals surface area contributed by atoms with Gasteiger partial charge in [0.15, 0.2) is 5.96 Å². The van der Waals surface area contributed by atoms with Crippen LogP contribution in [-0.2, 0) is 4.79 Å². The number of hydrogen-bond acceptors (Lipinski definition) is 2. The Bertz CT molecular complexity index is 382. The molecule has 0 bridgehead atoms. The van der Waals surface area contributed by atoms with E-state index in [1.807, 2.05) is 0 Å². The Balaban J connectivity index is 1.65.